The summed E-state index contributed by atoms with van der Waals surface area (Å²) in [5, 5.41) is 4.39. The van der Waals surface area contributed by atoms with Crippen LogP contribution in [-0.4, -0.2) is 42.8 Å². The van der Waals surface area contributed by atoms with E-state index in [4.69, 9.17) is 4.74 Å². The summed E-state index contributed by atoms with van der Waals surface area (Å²) in [5.41, 5.74) is 5.30. The molecule has 0 bridgehead atoms. The Morgan fingerprint density at radius 3 is 2.28 bits per heavy atom. The second kappa shape index (κ2) is 8.55. The average molecular weight is 337 g/mol. The van der Waals surface area contributed by atoms with Gasteiger partial charge in [0, 0.05) is 18.7 Å². The fraction of sp³-hybridized carbons (Fsp3) is 0.300. The van der Waals surface area contributed by atoms with E-state index >= 15 is 0 Å². The van der Waals surface area contributed by atoms with E-state index in [0.717, 1.165) is 18.8 Å². The quantitative estimate of drug-likeness (QED) is 0.674. The minimum Gasteiger partial charge on any atom is -0.379 e. The van der Waals surface area contributed by atoms with Crippen molar-refractivity contribution in [2.75, 3.05) is 26.3 Å². The number of rotatable bonds is 5. The molecule has 2 aromatic carbocycles. The molecule has 3 rings (SSSR count). The van der Waals surface area contributed by atoms with Gasteiger partial charge in [0.05, 0.1) is 25.0 Å². The number of nitrogens with one attached hydrogen (secondary N) is 1. The van der Waals surface area contributed by atoms with E-state index in [0.29, 0.717) is 18.8 Å². The monoisotopic (exact) mass is 337 g/mol. The van der Waals surface area contributed by atoms with Gasteiger partial charge in [-0.25, -0.2) is 5.43 Å². The van der Waals surface area contributed by atoms with Crippen molar-refractivity contribution in [3.8, 4) is 0 Å². The highest BCUT2D eigenvalue weighted by Crippen LogP contribution is 2.23. The van der Waals surface area contributed by atoms with Crippen molar-refractivity contribution in [3.63, 3.8) is 0 Å². The van der Waals surface area contributed by atoms with Gasteiger partial charge in [0.15, 0.2) is 0 Å². The Labute approximate surface area is 148 Å². The van der Waals surface area contributed by atoms with Crippen LogP contribution in [0.4, 0.5) is 0 Å². The largest absolute Gasteiger partial charge is 0.379 e. The summed E-state index contributed by atoms with van der Waals surface area (Å²) in [6, 6.07) is 19.4. The van der Waals surface area contributed by atoms with E-state index in [1.807, 2.05) is 43.3 Å². The molecular weight excluding hydrogens is 314 g/mol. The lowest BCUT2D eigenvalue weighted by Gasteiger charge is -2.34. The fourth-order valence-electron chi connectivity index (χ4n) is 3.04. The molecule has 1 heterocycles. The molecule has 1 aliphatic heterocycles. The summed E-state index contributed by atoms with van der Waals surface area (Å²) in [5.74, 6) is -0.200. The zero-order chi connectivity index (χ0) is 17.5. The smallest absolute Gasteiger partial charge is 0.271 e. The third-order valence-electron chi connectivity index (χ3n) is 4.29. The zero-order valence-corrected chi connectivity index (χ0v) is 14.4. The van der Waals surface area contributed by atoms with Crippen molar-refractivity contribution >= 4 is 11.6 Å². The number of benzene rings is 2. The van der Waals surface area contributed by atoms with Crippen LogP contribution in [0.15, 0.2) is 65.8 Å². The summed E-state index contributed by atoms with van der Waals surface area (Å²) in [6.07, 6.45) is 0. The molecule has 5 heteroatoms. The van der Waals surface area contributed by atoms with E-state index in [1.165, 1.54) is 5.56 Å². The first kappa shape index (κ1) is 17.3. The lowest BCUT2D eigenvalue weighted by atomic mass is 10.0. The molecule has 0 aromatic heterocycles. The number of amides is 1. The Hall–Kier alpha value is -2.50. The van der Waals surface area contributed by atoms with Gasteiger partial charge in [-0.3, -0.25) is 9.69 Å². The summed E-state index contributed by atoms with van der Waals surface area (Å²) in [4.78, 5) is 14.6. The topological polar surface area (TPSA) is 53.9 Å². The molecule has 1 aliphatic rings. The Morgan fingerprint density at radius 1 is 1.04 bits per heavy atom. The summed E-state index contributed by atoms with van der Waals surface area (Å²) in [6.45, 7) is 5.08. The number of nitrogens with zero attached hydrogens (tertiary/aromatic N) is 2. The van der Waals surface area contributed by atoms with Gasteiger partial charge in [-0.1, -0.05) is 48.5 Å². The lowest BCUT2D eigenvalue weighted by Crippen LogP contribution is -2.42. The second-order valence-electron chi connectivity index (χ2n) is 6.02. The van der Waals surface area contributed by atoms with Gasteiger partial charge in [0.25, 0.3) is 5.91 Å². The van der Waals surface area contributed by atoms with E-state index in [9.17, 15) is 4.79 Å². The van der Waals surface area contributed by atoms with E-state index in [2.05, 4.69) is 27.6 Å². The summed E-state index contributed by atoms with van der Waals surface area (Å²) in [7, 11) is 0. The molecule has 130 valence electrons. The summed E-state index contributed by atoms with van der Waals surface area (Å²) < 4.78 is 5.47. The van der Waals surface area contributed by atoms with E-state index < -0.39 is 0 Å². The molecule has 0 aliphatic carbocycles. The molecule has 25 heavy (non-hydrogen) atoms. The standard InChI is InChI=1S/C20H23N3O2/c1-16(21-22-20(24)18-10-6-3-7-11-18)19(17-8-4-2-5-9-17)23-12-14-25-15-13-23/h2-11,19H,12-15H2,1H3,(H,22,24)/b21-16-/t19-/m1/s1. The van der Waals surface area contributed by atoms with Crippen molar-refractivity contribution in [2.24, 2.45) is 5.10 Å². The van der Waals surface area contributed by atoms with Gasteiger partial charge in [-0.05, 0) is 24.6 Å². The van der Waals surface area contributed by atoms with Gasteiger partial charge < -0.3 is 4.74 Å². The van der Waals surface area contributed by atoms with Crippen molar-refractivity contribution < 1.29 is 9.53 Å². The van der Waals surface area contributed by atoms with E-state index in [-0.39, 0.29) is 11.9 Å². The van der Waals surface area contributed by atoms with Crippen LogP contribution in [0, 0.1) is 0 Å². The number of hydrogen-bond acceptors (Lipinski definition) is 4. The first-order valence-electron chi connectivity index (χ1n) is 8.52. The molecule has 1 atom stereocenters. The molecule has 1 fully saturated rings. The third kappa shape index (κ3) is 4.53. The van der Waals surface area contributed by atoms with Gasteiger partial charge in [-0.2, -0.15) is 5.10 Å². The van der Waals surface area contributed by atoms with Crippen molar-refractivity contribution in [1.82, 2.24) is 10.3 Å². The Bertz CT molecular complexity index is 710. The molecule has 0 radical (unpaired) electrons. The summed E-state index contributed by atoms with van der Waals surface area (Å²) >= 11 is 0. The first-order valence-corrected chi connectivity index (χ1v) is 8.52. The first-order chi connectivity index (χ1) is 12.3. The van der Waals surface area contributed by atoms with Crippen LogP contribution < -0.4 is 5.43 Å². The molecule has 1 amide bonds. The van der Waals surface area contributed by atoms with Gasteiger partial charge >= 0.3 is 0 Å². The predicted octanol–water partition coefficient (Wildman–Crippen LogP) is 2.87. The minimum atomic E-state index is -0.200. The van der Waals surface area contributed by atoms with Gasteiger partial charge in [0.2, 0.25) is 0 Å². The van der Waals surface area contributed by atoms with Crippen molar-refractivity contribution in [1.29, 1.82) is 0 Å². The Kier molecular flexibility index (Phi) is 5.93. The lowest BCUT2D eigenvalue weighted by molar-refractivity contribution is 0.0285. The zero-order valence-electron chi connectivity index (χ0n) is 14.4. The van der Waals surface area contributed by atoms with Crippen LogP contribution >= 0.6 is 0 Å². The highest BCUT2D eigenvalue weighted by atomic mass is 16.5. The number of morpholine rings is 1. The maximum absolute atomic E-state index is 12.2. The molecule has 0 spiro atoms. The number of hydrogen-bond donors (Lipinski definition) is 1. The number of carbonyl (C=O) groups is 1. The molecule has 0 unspecified atom stereocenters. The SMILES string of the molecule is C/C(=N/NC(=O)c1ccccc1)[C@H](c1ccccc1)N1CCOCC1. The van der Waals surface area contributed by atoms with Crippen molar-refractivity contribution in [2.45, 2.75) is 13.0 Å². The van der Waals surface area contributed by atoms with Crippen LogP contribution in [0.3, 0.4) is 0 Å². The van der Waals surface area contributed by atoms with Crippen LogP contribution in [-0.2, 0) is 4.74 Å². The number of hydrazone groups is 1. The highest BCUT2D eigenvalue weighted by molar-refractivity contribution is 5.96. The molecule has 2 aromatic rings. The molecule has 1 saturated heterocycles. The fourth-order valence-corrected chi connectivity index (χ4v) is 3.04. The normalized spacial score (nSPS) is 17.1. The van der Waals surface area contributed by atoms with Crippen molar-refractivity contribution in [3.05, 3.63) is 71.8 Å². The number of ether oxygens (including phenoxy) is 1. The molecule has 0 saturated carbocycles. The van der Waals surface area contributed by atoms with Crippen LogP contribution in [0.2, 0.25) is 0 Å². The van der Waals surface area contributed by atoms with Gasteiger partial charge in [0.1, 0.15) is 0 Å². The average Bonchev–Trinajstić information content (AvgIpc) is 2.69. The predicted molar refractivity (Wildman–Crippen MR) is 98.6 cm³/mol. The number of carbonyl (C=O) groups excluding carboxylic acids is 1. The van der Waals surface area contributed by atoms with Crippen LogP contribution in [0.25, 0.3) is 0 Å². The minimum absolute atomic E-state index is 0.0289. The van der Waals surface area contributed by atoms with Crippen LogP contribution in [0.5, 0.6) is 0 Å². The third-order valence-corrected chi connectivity index (χ3v) is 4.29. The Morgan fingerprint density at radius 2 is 1.64 bits per heavy atom. The second-order valence-corrected chi connectivity index (χ2v) is 6.02. The highest BCUT2D eigenvalue weighted by Gasteiger charge is 2.25. The Balaban J connectivity index is 1.78. The molecular formula is C20H23N3O2. The van der Waals surface area contributed by atoms with Crippen LogP contribution in [0.1, 0.15) is 28.9 Å². The van der Waals surface area contributed by atoms with Gasteiger partial charge in [-0.15, -0.1) is 0 Å². The molecule has 1 N–H and O–H groups in total. The maximum Gasteiger partial charge on any atom is 0.271 e. The maximum atomic E-state index is 12.2. The molecule has 5 nitrogen and oxygen atoms in total. The van der Waals surface area contributed by atoms with E-state index in [1.54, 1.807) is 12.1 Å².